The molecule has 1 aliphatic rings. The Morgan fingerprint density at radius 2 is 1.95 bits per heavy atom. The fourth-order valence-corrected chi connectivity index (χ4v) is 2.88. The molecule has 0 fully saturated rings. The molecule has 1 N–H and O–H groups in total. The zero-order chi connectivity index (χ0) is 15.7. The number of carbonyl (C=O) groups excluding carboxylic acids is 1. The summed E-state index contributed by atoms with van der Waals surface area (Å²) >= 11 is 0. The van der Waals surface area contributed by atoms with Gasteiger partial charge in [0, 0.05) is 12.6 Å². The van der Waals surface area contributed by atoms with Crippen LogP contribution in [0.25, 0.3) is 0 Å². The highest BCUT2D eigenvalue weighted by atomic mass is 32.2. The Kier molecular flexibility index (Phi) is 3.90. The molecule has 0 saturated carbocycles. The van der Waals surface area contributed by atoms with E-state index in [0.717, 1.165) is 23.2 Å². The first-order valence-corrected chi connectivity index (χ1v) is 7.23. The van der Waals surface area contributed by atoms with Crippen LogP contribution in [0.2, 0.25) is 0 Å². The summed E-state index contributed by atoms with van der Waals surface area (Å²) in [6.07, 6.45) is -3.00. The third-order valence-corrected chi connectivity index (χ3v) is 4.01. The topological polar surface area (TPSA) is 78.8 Å². The fraction of sp³-hybridized carbons (Fsp3) is 0.273. The highest BCUT2D eigenvalue weighted by molar-refractivity contribution is 7.90. The number of urea groups is 1. The maximum atomic E-state index is 12.8. The minimum Gasteiger partial charge on any atom is -0.246 e. The van der Waals surface area contributed by atoms with E-state index < -0.39 is 32.7 Å². The lowest BCUT2D eigenvalue weighted by Crippen LogP contribution is -2.39. The number of amides is 2. The normalized spacial score (nSPS) is 15.3. The third-order valence-electron chi connectivity index (χ3n) is 2.63. The molecule has 6 nitrogen and oxygen atoms in total. The van der Waals surface area contributed by atoms with E-state index in [4.69, 9.17) is 0 Å². The number of carbonyl (C=O) groups is 1. The second-order valence-corrected chi connectivity index (χ2v) is 5.77. The van der Waals surface area contributed by atoms with Gasteiger partial charge in [0.2, 0.25) is 0 Å². The van der Waals surface area contributed by atoms with E-state index in [1.807, 2.05) is 0 Å². The molecule has 0 bridgehead atoms. The first-order valence-electron chi connectivity index (χ1n) is 5.75. The summed E-state index contributed by atoms with van der Waals surface area (Å²) in [5.74, 6) is 0. The number of hydrogen-bond acceptors (Lipinski definition) is 4. The number of sulfonamides is 1. The van der Waals surface area contributed by atoms with Crippen LogP contribution >= 0.6 is 0 Å². The molecule has 1 aliphatic heterocycles. The number of alkyl halides is 3. The quantitative estimate of drug-likeness (QED) is 0.902. The highest BCUT2D eigenvalue weighted by Crippen LogP contribution is 2.33. The van der Waals surface area contributed by atoms with Crippen molar-refractivity contribution in [1.29, 1.82) is 0 Å². The van der Waals surface area contributed by atoms with Gasteiger partial charge in [-0.15, -0.1) is 0 Å². The Balaban J connectivity index is 2.32. The molecule has 0 aromatic heterocycles. The van der Waals surface area contributed by atoms with Crippen LogP contribution < -0.4 is 4.72 Å². The first kappa shape index (κ1) is 15.3. The molecule has 0 aliphatic carbocycles. The van der Waals surface area contributed by atoms with E-state index in [2.05, 4.69) is 5.10 Å². The number of hydrazone groups is 1. The van der Waals surface area contributed by atoms with Crippen LogP contribution in [-0.2, 0) is 16.2 Å². The highest BCUT2D eigenvalue weighted by Gasteiger charge is 2.37. The van der Waals surface area contributed by atoms with Crippen LogP contribution in [0, 0.1) is 0 Å². The van der Waals surface area contributed by atoms with Crippen molar-refractivity contribution < 1.29 is 26.4 Å². The maximum Gasteiger partial charge on any atom is 0.417 e. The van der Waals surface area contributed by atoms with Gasteiger partial charge in [-0.25, -0.2) is 22.9 Å². The SMILES string of the molecule is O=C(NS(=O)(=O)c1ccccc1C(F)(F)F)N1CCC=N1. The van der Waals surface area contributed by atoms with Crippen molar-refractivity contribution in [2.24, 2.45) is 5.10 Å². The van der Waals surface area contributed by atoms with Gasteiger partial charge in [-0.05, 0) is 12.1 Å². The van der Waals surface area contributed by atoms with Crippen molar-refractivity contribution in [3.05, 3.63) is 29.8 Å². The van der Waals surface area contributed by atoms with Crippen LogP contribution in [0.4, 0.5) is 18.0 Å². The van der Waals surface area contributed by atoms with Gasteiger partial charge in [0.05, 0.1) is 17.0 Å². The van der Waals surface area contributed by atoms with E-state index >= 15 is 0 Å². The molecule has 10 heteroatoms. The Hall–Kier alpha value is -2.10. The van der Waals surface area contributed by atoms with Crippen molar-refractivity contribution >= 4 is 22.3 Å². The maximum absolute atomic E-state index is 12.8. The van der Waals surface area contributed by atoms with Gasteiger partial charge >= 0.3 is 12.2 Å². The average molecular weight is 321 g/mol. The van der Waals surface area contributed by atoms with Crippen LogP contribution in [-0.4, -0.2) is 32.2 Å². The zero-order valence-electron chi connectivity index (χ0n) is 10.5. The second-order valence-electron chi connectivity index (χ2n) is 4.11. The summed E-state index contributed by atoms with van der Waals surface area (Å²) < 4.78 is 63.9. The summed E-state index contributed by atoms with van der Waals surface area (Å²) in [5, 5.41) is 4.42. The molecule has 0 atom stereocenters. The molecular weight excluding hydrogens is 311 g/mol. The largest absolute Gasteiger partial charge is 0.417 e. The average Bonchev–Trinajstić information content (AvgIpc) is 2.91. The number of hydrogen-bond donors (Lipinski definition) is 1. The van der Waals surface area contributed by atoms with Gasteiger partial charge in [-0.1, -0.05) is 12.1 Å². The van der Waals surface area contributed by atoms with E-state index in [9.17, 15) is 26.4 Å². The van der Waals surface area contributed by atoms with E-state index in [-0.39, 0.29) is 6.54 Å². The molecule has 0 spiro atoms. The number of nitrogens with one attached hydrogen (secondary N) is 1. The van der Waals surface area contributed by atoms with E-state index in [1.54, 1.807) is 4.72 Å². The molecule has 1 heterocycles. The summed E-state index contributed by atoms with van der Waals surface area (Å²) in [4.78, 5) is 10.6. The van der Waals surface area contributed by atoms with Crippen LogP contribution in [0.3, 0.4) is 0 Å². The lowest BCUT2D eigenvalue weighted by atomic mass is 10.2. The third kappa shape index (κ3) is 3.32. The minimum absolute atomic E-state index is 0.169. The van der Waals surface area contributed by atoms with Crippen molar-refractivity contribution in [3.8, 4) is 0 Å². The summed E-state index contributed by atoms with van der Waals surface area (Å²) in [7, 11) is -4.65. The smallest absolute Gasteiger partial charge is 0.246 e. The number of rotatable bonds is 2. The predicted molar refractivity (Wildman–Crippen MR) is 67.0 cm³/mol. The summed E-state index contributed by atoms with van der Waals surface area (Å²) in [5.41, 5.74) is -1.34. The summed E-state index contributed by atoms with van der Waals surface area (Å²) in [6.45, 7) is 0.169. The van der Waals surface area contributed by atoms with E-state index in [0.29, 0.717) is 12.5 Å². The number of halogens is 3. The van der Waals surface area contributed by atoms with Crippen molar-refractivity contribution in [2.45, 2.75) is 17.5 Å². The minimum atomic E-state index is -4.85. The second kappa shape index (κ2) is 5.35. The molecule has 2 rings (SSSR count). The lowest BCUT2D eigenvalue weighted by molar-refractivity contribution is -0.139. The molecule has 1 aromatic carbocycles. The van der Waals surface area contributed by atoms with Crippen LogP contribution in [0.1, 0.15) is 12.0 Å². The standard InChI is InChI=1S/C11H10F3N3O3S/c12-11(13,14)8-4-1-2-5-9(8)21(19,20)16-10(18)17-7-3-6-15-17/h1-2,4-6H,3,7H2,(H,16,18). The molecule has 21 heavy (non-hydrogen) atoms. The van der Waals surface area contributed by atoms with Gasteiger partial charge in [-0.3, -0.25) is 0 Å². The number of benzene rings is 1. The van der Waals surface area contributed by atoms with Gasteiger partial charge in [0.15, 0.2) is 0 Å². The van der Waals surface area contributed by atoms with Crippen molar-refractivity contribution in [1.82, 2.24) is 9.73 Å². The summed E-state index contributed by atoms with van der Waals surface area (Å²) in [6, 6.07) is 2.52. The molecule has 2 amide bonds. The molecule has 0 radical (unpaired) electrons. The van der Waals surface area contributed by atoms with Gasteiger partial charge < -0.3 is 0 Å². The van der Waals surface area contributed by atoms with E-state index in [1.165, 1.54) is 6.21 Å². The van der Waals surface area contributed by atoms with Gasteiger partial charge in [-0.2, -0.15) is 18.3 Å². The first-order chi connectivity index (χ1) is 9.72. The fourth-order valence-electron chi connectivity index (χ4n) is 1.71. The van der Waals surface area contributed by atoms with Crippen molar-refractivity contribution in [2.75, 3.05) is 6.54 Å². The molecule has 0 saturated heterocycles. The lowest BCUT2D eigenvalue weighted by Gasteiger charge is -2.16. The van der Waals surface area contributed by atoms with Crippen LogP contribution in [0.15, 0.2) is 34.3 Å². The zero-order valence-corrected chi connectivity index (χ0v) is 11.3. The molecular formula is C11H10F3N3O3S. The predicted octanol–water partition coefficient (Wildman–Crippen LogP) is 1.80. The molecule has 114 valence electrons. The van der Waals surface area contributed by atoms with Gasteiger partial charge in [0.25, 0.3) is 10.0 Å². The Morgan fingerprint density at radius 1 is 1.29 bits per heavy atom. The number of nitrogens with zero attached hydrogens (tertiary/aromatic N) is 2. The van der Waals surface area contributed by atoms with Gasteiger partial charge in [0.1, 0.15) is 0 Å². The molecule has 0 unspecified atom stereocenters. The Labute approximate surface area is 118 Å². The molecule has 1 aromatic rings. The van der Waals surface area contributed by atoms with Crippen LogP contribution in [0.5, 0.6) is 0 Å². The Morgan fingerprint density at radius 3 is 2.52 bits per heavy atom. The van der Waals surface area contributed by atoms with Crippen molar-refractivity contribution in [3.63, 3.8) is 0 Å². The Bertz CT molecular complexity index is 685. The monoisotopic (exact) mass is 321 g/mol.